The number of hydrogen-bond donors (Lipinski definition) is 0. The first-order chi connectivity index (χ1) is 6.27. The molecule has 13 heavy (non-hydrogen) atoms. The van der Waals surface area contributed by atoms with Gasteiger partial charge in [-0.3, -0.25) is 0 Å². The van der Waals surface area contributed by atoms with Crippen LogP contribution >= 0.6 is 11.3 Å². The van der Waals surface area contributed by atoms with E-state index < -0.39 is 0 Å². The highest BCUT2D eigenvalue weighted by atomic mass is 32.1. The SMILES string of the molecule is Cc1ccc(-c2cccs2)c(C)c1. The molecule has 0 radical (unpaired) electrons. The van der Waals surface area contributed by atoms with Crippen molar-refractivity contribution in [2.45, 2.75) is 13.8 Å². The van der Waals surface area contributed by atoms with Crippen molar-refractivity contribution in [2.24, 2.45) is 0 Å². The molecule has 0 unspecified atom stereocenters. The molecular formula is C12H12S. The van der Waals surface area contributed by atoms with Gasteiger partial charge in [0.05, 0.1) is 0 Å². The summed E-state index contributed by atoms with van der Waals surface area (Å²) in [4.78, 5) is 1.36. The van der Waals surface area contributed by atoms with Crippen LogP contribution in [0.25, 0.3) is 10.4 Å². The van der Waals surface area contributed by atoms with Gasteiger partial charge in [-0.15, -0.1) is 11.3 Å². The van der Waals surface area contributed by atoms with Crippen molar-refractivity contribution >= 4 is 11.3 Å². The third-order valence-corrected chi connectivity index (χ3v) is 3.07. The Kier molecular flexibility index (Phi) is 2.19. The smallest absolute Gasteiger partial charge is 0.0345 e. The van der Waals surface area contributed by atoms with Crippen LogP contribution in [0.1, 0.15) is 11.1 Å². The fourth-order valence-electron chi connectivity index (χ4n) is 1.52. The summed E-state index contributed by atoms with van der Waals surface area (Å²) in [5, 5.41) is 2.12. The van der Waals surface area contributed by atoms with Gasteiger partial charge in [-0.25, -0.2) is 0 Å². The third-order valence-electron chi connectivity index (χ3n) is 2.17. The average Bonchev–Trinajstić information content (AvgIpc) is 2.56. The maximum Gasteiger partial charge on any atom is 0.0345 e. The van der Waals surface area contributed by atoms with E-state index in [1.54, 1.807) is 11.3 Å². The molecule has 2 rings (SSSR count). The Hall–Kier alpha value is -1.08. The zero-order valence-corrected chi connectivity index (χ0v) is 8.69. The molecule has 1 heteroatoms. The molecule has 0 aliphatic carbocycles. The predicted molar refractivity (Wildman–Crippen MR) is 59.2 cm³/mol. The molecule has 0 fully saturated rings. The van der Waals surface area contributed by atoms with Gasteiger partial charge < -0.3 is 0 Å². The van der Waals surface area contributed by atoms with Crippen LogP contribution in [-0.2, 0) is 0 Å². The van der Waals surface area contributed by atoms with Crippen molar-refractivity contribution in [2.75, 3.05) is 0 Å². The summed E-state index contributed by atoms with van der Waals surface area (Å²) < 4.78 is 0. The first kappa shape index (κ1) is 8.52. The zero-order valence-electron chi connectivity index (χ0n) is 7.87. The van der Waals surface area contributed by atoms with E-state index in [9.17, 15) is 0 Å². The minimum Gasteiger partial charge on any atom is -0.144 e. The van der Waals surface area contributed by atoms with Crippen LogP contribution in [0.4, 0.5) is 0 Å². The monoisotopic (exact) mass is 188 g/mol. The molecule has 0 aliphatic heterocycles. The molecule has 0 atom stereocenters. The molecule has 0 saturated carbocycles. The van der Waals surface area contributed by atoms with Gasteiger partial charge in [-0.1, -0.05) is 29.8 Å². The van der Waals surface area contributed by atoms with E-state index in [4.69, 9.17) is 0 Å². The minimum absolute atomic E-state index is 1.33. The topological polar surface area (TPSA) is 0 Å². The summed E-state index contributed by atoms with van der Waals surface area (Å²) in [5.74, 6) is 0. The molecule has 1 aromatic carbocycles. The van der Waals surface area contributed by atoms with Gasteiger partial charge in [0.25, 0.3) is 0 Å². The highest BCUT2D eigenvalue weighted by Gasteiger charge is 2.01. The van der Waals surface area contributed by atoms with Gasteiger partial charge in [-0.2, -0.15) is 0 Å². The second-order valence-corrected chi connectivity index (χ2v) is 4.24. The summed E-state index contributed by atoms with van der Waals surface area (Å²) in [6.45, 7) is 4.30. The first-order valence-electron chi connectivity index (χ1n) is 4.38. The Balaban J connectivity index is 2.53. The first-order valence-corrected chi connectivity index (χ1v) is 5.26. The van der Waals surface area contributed by atoms with Crippen molar-refractivity contribution in [1.82, 2.24) is 0 Å². The van der Waals surface area contributed by atoms with E-state index in [0.29, 0.717) is 0 Å². The van der Waals surface area contributed by atoms with Gasteiger partial charge in [0.2, 0.25) is 0 Å². The molecule has 1 aromatic heterocycles. The van der Waals surface area contributed by atoms with Gasteiger partial charge in [0.15, 0.2) is 0 Å². The summed E-state index contributed by atoms with van der Waals surface area (Å²) >= 11 is 1.80. The second kappa shape index (κ2) is 3.35. The molecule has 0 spiro atoms. The molecular weight excluding hydrogens is 176 g/mol. The number of thiophene rings is 1. The van der Waals surface area contributed by atoms with Gasteiger partial charge >= 0.3 is 0 Å². The zero-order chi connectivity index (χ0) is 9.26. The van der Waals surface area contributed by atoms with E-state index in [0.717, 1.165) is 0 Å². The van der Waals surface area contributed by atoms with Crippen LogP contribution < -0.4 is 0 Å². The van der Waals surface area contributed by atoms with Crippen molar-refractivity contribution in [3.8, 4) is 10.4 Å². The summed E-state index contributed by atoms with van der Waals surface area (Å²) in [6, 6.07) is 10.9. The lowest BCUT2D eigenvalue weighted by Crippen LogP contribution is -1.81. The fraction of sp³-hybridized carbons (Fsp3) is 0.167. The largest absolute Gasteiger partial charge is 0.144 e. The van der Waals surface area contributed by atoms with Gasteiger partial charge in [0.1, 0.15) is 0 Å². The molecule has 1 heterocycles. The lowest BCUT2D eigenvalue weighted by atomic mass is 10.0. The highest BCUT2D eigenvalue weighted by molar-refractivity contribution is 7.13. The van der Waals surface area contributed by atoms with Crippen LogP contribution in [0.15, 0.2) is 35.7 Å². The Bertz CT molecular complexity index is 399. The third kappa shape index (κ3) is 1.65. The summed E-state index contributed by atoms with van der Waals surface area (Å²) in [6.07, 6.45) is 0. The van der Waals surface area contributed by atoms with Crippen molar-refractivity contribution in [3.63, 3.8) is 0 Å². The molecule has 2 aromatic rings. The fourth-order valence-corrected chi connectivity index (χ4v) is 2.34. The molecule has 0 bridgehead atoms. The Labute approximate surface area is 82.9 Å². The maximum absolute atomic E-state index is 2.23. The van der Waals surface area contributed by atoms with Crippen LogP contribution in [0, 0.1) is 13.8 Å². The number of aryl methyl sites for hydroxylation is 2. The van der Waals surface area contributed by atoms with E-state index in [2.05, 4.69) is 49.6 Å². The highest BCUT2D eigenvalue weighted by Crippen LogP contribution is 2.27. The molecule has 0 nitrogen and oxygen atoms in total. The normalized spacial score (nSPS) is 10.3. The lowest BCUT2D eigenvalue weighted by molar-refractivity contribution is 1.39. The van der Waals surface area contributed by atoms with E-state index in [1.165, 1.54) is 21.6 Å². The molecule has 0 aliphatic rings. The maximum atomic E-state index is 2.23. The number of rotatable bonds is 1. The average molecular weight is 188 g/mol. The summed E-state index contributed by atoms with van der Waals surface area (Å²) in [7, 11) is 0. The number of benzene rings is 1. The van der Waals surface area contributed by atoms with E-state index in [1.807, 2.05) is 0 Å². The molecule has 0 saturated heterocycles. The van der Waals surface area contributed by atoms with Crippen LogP contribution in [0.2, 0.25) is 0 Å². The summed E-state index contributed by atoms with van der Waals surface area (Å²) in [5.41, 5.74) is 4.06. The van der Waals surface area contributed by atoms with Crippen LogP contribution in [-0.4, -0.2) is 0 Å². The van der Waals surface area contributed by atoms with E-state index in [-0.39, 0.29) is 0 Å². The predicted octanol–water partition coefficient (Wildman–Crippen LogP) is 4.03. The Morgan fingerprint density at radius 2 is 1.92 bits per heavy atom. The van der Waals surface area contributed by atoms with Crippen molar-refractivity contribution in [3.05, 3.63) is 46.8 Å². The number of hydrogen-bond acceptors (Lipinski definition) is 1. The minimum atomic E-state index is 1.33. The van der Waals surface area contributed by atoms with Crippen molar-refractivity contribution < 1.29 is 0 Å². The Morgan fingerprint density at radius 1 is 1.08 bits per heavy atom. The molecule has 66 valence electrons. The van der Waals surface area contributed by atoms with Gasteiger partial charge in [-0.05, 0) is 36.4 Å². The molecule has 0 N–H and O–H groups in total. The van der Waals surface area contributed by atoms with Crippen LogP contribution in [0.3, 0.4) is 0 Å². The lowest BCUT2D eigenvalue weighted by Gasteiger charge is -2.03. The molecule has 0 amide bonds. The van der Waals surface area contributed by atoms with E-state index >= 15 is 0 Å². The van der Waals surface area contributed by atoms with Gasteiger partial charge in [0, 0.05) is 4.88 Å². The van der Waals surface area contributed by atoms with Crippen molar-refractivity contribution in [1.29, 1.82) is 0 Å². The standard InChI is InChI=1S/C12H12S/c1-9-5-6-11(10(2)8-9)12-4-3-7-13-12/h3-8H,1-2H3. The van der Waals surface area contributed by atoms with Crippen LogP contribution in [0.5, 0.6) is 0 Å². The second-order valence-electron chi connectivity index (χ2n) is 3.30. The Morgan fingerprint density at radius 3 is 2.54 bits per heavy atom. The quantitative estimate of drug-likeness (QED) is 0.633.